The van der Waals surface area contributed by atoms with Crippen LogP contribution in [0.2, 0.25) is 0 Å². The van der Waals surface area contributed by atoms with E-state index in [2.05, 4.69) is 17.2 Å². The number of hydrogen-bond acceptors (Lipinski definition) is 2. The molecule has 1 amide bonds. The fraction of sp³-hybridized carbons (Fsp3) is 0.333. The first-order chi connectivity index (χ1) is 7.65. The molecule has 0 saturated carbocycles. The van der Waals surface area contributed by atoms with Gasteiger partial charge in [-0.25, -0.2) is 4.98 Å². The second-order valence-corrected chi connectivity index (χ2v) is 3.94. The molecule has 0 saturated heterocycles. The van der Waals surface area contributed by atoms with Crippen molar-refractivity contribution in [2.45, 2.75) is 20.3 Å². The van der Waals surface area contributed by atoms with Gasteiger partial charge in [0.15, 0.2) is 0 Å². The highest BCUT2D eigenvalue weighted by molar-refractivity contribution is 5.72. The van der Waals surface area contributed by atoms with Crippen LogP contribution in [-0.4, -0.2) is 21.8 Å². The predicted molar refractivity (Wildman–Crippen MR) is 62.3 cm³/mol. The van der Waals surface area contributed by atoms with E-state index in [9.17, 15) is 4.79 Å². The van der Waals surface area contributed by atoms with E-state index in [1.54, 1.807) is 0 Å². The van der Waals surface area contributed by atoms with Crippen LogP contribution in [-0.2, 0) is 11.2 Å². The number of nitrogens with one attached hydrogen (secondary N) is 1. The number of carbonyl (C=O) groups excluding carboxylic acids is 1. The van der Waals surface area contributed by atoms with Crippen LogP contribution in [0.1, 0.15) is 18.2 Å². The summed E-state index contributed by atoms with van der Waals surface area (Å²) >= 11 is 0. The van der Waals surface area contributed by atoms with E-state index in [0.29, 0.717) is 6.54 Å². The monoisotopic (exact) mass is 217 g/mol. The number of aryl methyl sites for hydroxylation is 1. The zero-order chi connectivity index (χ0) is 11.5. The van der Waals surface area contributed by atoms with Gasteiger partial charge in [0.2, 0.25) is 5.91 Å². The van der Waals surface area contributed by atoms with Crippen molar-refractivity contribution < 1.29 is 4.79 Å². The SMILES string of the molecule is CC(=O)NCCc1cn2cc(C)ccc2n1. The summed E-state index contributed by atoms with van der Waals surface area (Å²) in [5.74, 6) is -0.000362. The van der Waals surface area contributed by atoms with Gasteiger partial charge in [0, 0.05) is 32.3 Å². The molecule has 0 radical (unpaired) electrons. The highest BCUT2D eigenvalue weighted by Gasteiger charge is 2.01. The summed E-state index contributed by atoms with van der Waals surface area (Å²) in [4.78, 5) is 15.2. The lowest BCUT2D eigenvalue weighted by molar-refractivity contribution is -0.118. The average molecular weight is 217 g/mol. The topological polar surface area (TPSA) is 46.4 Å². The number of hydrogen-bond donors (Lipinski definition) is 1. The molecule has 16 heavy (non-hydrogen) atoms. The summed E-state index contributed by atoms with van der Waals surface area (Å²) in [5.41, 5.74) is 3.15. The third-order valence-electron chi connectivity index (χ3n) is 2.40. The molecule has 2 rings (SSSR count). The molecule has 0 atom stereocenters. The van der Waals surface area contributed by atoms with Gasteiger partial charge in [0.05, 0.1) is 5.69 Å². The number of imidazole rings is 1. The van der Waals surface area contributed by atoms with E-state index in [-0.39, 0.29) is 5.91 Å². The molecule has 2 aromatic heterocycles. The fourth-order valence-electron chi connectivity index (χ4n) is 1.64. The Morgan fingerprint density at radius 3 is 3.00 bits per heavy atom. The Kier molecular flexibility index (Phi) is 2.90. The number of amides is 1. The lowest BCUT2D eigenvalue weighted by Gasteiger charge is -1.97. The number of rotatable bonds is 3. The Bertz CT molecular complexity index is 516. The minimum Gasteiger partial charge on any atom is -0.356 e. The Balaban J connectivity index is 2.10. The van der Waals surface area contributed by atoms with Gasteiger partial charge in [-0.1, -0.05) is 6.07 Å². The fourth-order valence-corrected chi connectivity index (χ4v) is 1.64. The van der Waals surface area contributed by atoms with E-state index in [0.717, 1.165) is 17.8 Å². The third kappa shape index (κ3) is 2.39. The van der Waals surface area contributed by atoms with Gasteiger partial charge in [-0.3, -0.25) is 4.79 Å². The minimum absolute atomic E-state index is 0.000362. The third-order valence-corrected chi connectivity index (χ3v) is 2.40. The summed E-state index contributed by atoms with van der Waals surface area (Å²) in [6.07, 6.45) is 4.81. The van der Waals surface area contributed by atoms with Crippen molar-refractivity contribution in [2.24, 2.45) is 0 Å². The smallest absolute Gasteiger partial charge is 0.216 e. The van der Waals surface area contributed by atoms with Crippen molar-refractivity contribution in [2.75, 3.05) is 6.54 Å². The largest absolute Gasteiger partial charge is 0.356 e. The second kappa shape index (κ2) is 4.35. The normalized spacial score (nSPS) is 10.6. The lowest BCUT2D eigenvalue weighted by atomic mass is 10.3. The number of fused-ring (bicyclic) bond motifs is 1. The van der Waals surface area contributed by atoms with E-state index in [4.69, 9.17) is 0 Å². The quantitative estimate of drug-likeness (QED) is 0.842. The lowest BCUT2D eigenvalue weighted by Crippen LogP contribution is -2.22. The molecule has 0 aromatic carbocycles. The molecule has 0 fully saturated rings. The van der Waals surface area contributed by atoms with E-state index >= 15 is 0 Å². The van der Waals surface area contributed by atoms with Crippen LogP contribution in [0, 0.1) is 6.92 Å². The maximum atomic E-state index is 10.7. The van der Waals surface area contributed by atoms with Crippen molar-refractivity contribution in [3.05, 3.63) is 35.8 Å². The number of nitrogens with zero attached hydrogens (tertiary/aromatic N) is 2. The second-order valence-electron chi connectivity index (χ2n) is 3.94. The molecule has 0 aliphatic rings. The Labute approximate surface area is 94.3 Å². The molecule has 0 aliphatic carbocycles. The van der Waals surface area contributed by atoms with Gasteiger partial charge < -0.3 is 9.72 Å². The first-order valence-corrected chi connectivity index (χ1v) is 5.34. The standard InChI is InChI=1S/C12H15N3O/c1-9-3-4-12-14-11(8-15(12)7-9)5-6-13-10(2)16/h3-4,7-8H,5-6H2,1-2H3,(H,13,16). The highest BCUT2D eigenvalue weighted by atomic mass is 16.1. The molecule has 0 unspecified atom stereocenters. The molecular formula is C12H15N3O. The molecule has 84 valence electrons. The molecule has 2 heterocycles. The Morgan fingerprint density at radius 1 is 1.44 bits per heavy atom. The van der Waals surface area contributed by atoms with Crippen molar-refractivity contribution in [3.8, 4) is 0 Å². The Morgan fingerprint density at radius 2 is 2.25 bits per heavy atom. The number of pyridine rings is 1. The van der Waals surface area contributed by atoms with Crippen LogP contribution in [0.5, 0.6) is 0 Å². The van der Waals surface area contributed by atoms with E-state index in [1.807, 2.05) is 28.9 Å². The maximum absolute atomic E-state index is 10.7. The summed E-state index contributed by atoms with van der Waals surface area (Å²) < 4.78 is 2.01. The molecule has 1 N–H and O–H groups in total. The molecule has 4 nitrogen and oxygen atoms in total. The van der Waals surface area contributed by atoms with Crippen molar-refractivity contribution in [3.63, 3.8) is 0 Å². The van der Waals surface area contributed by atoms with Gasteiger partial charge in [-0.05, 0) is 18.6 Å². The summed E-state index contributed by atoms with van der Waals surface area (Å²) in [6.45, 7) is 4.21. The van der Waals surface area contributed by atoms with Crippen LogP contribution >= 0.6 is 0 Å². The minimum atomic E-state index is -0.000362. The van der Waals surface area contributed by atoms with Gasteiger partial charge in [0.25, 0.3) is 0 Å². The van der Waals surface area contributed by atoms with E-state index < -0.39 is 0 Å². The molecule has 0 bridgehead atoms. The highest BCUT2D eigenvalue weighted by Crippen LogP contribution is 2.07. The number of aromatic nitrogens is 2. The van der Waals surface area contributed by atoms with Crippen molar-refractivity contribution >= 4 is 11.6 Å². The molecule has 4 heteroatoms. The summed E-state index contributed by atoms with van der Waals surface area (Å²) in [7, 11) is 0. The summed E-state index contributed by atoms with van der Waals surface area (Å²) in [6, 6.07) is 4.04. The van der Waals surface area contributed by atoms with Crippen LogP contribution < -0.4 is 5.32 Å². The van der Waals surface area contributed by atoms with E-state index in [1.165, 1.54) is 12.5 Å². The van der Waals surface area contributed by atoms with Gasteiger partial charge in [-0.15, -0.1) is 0 Å². The van der Waals surface area contributed by atoms with Crippen molar-refractivity contribution in [1.29, 1.82) is 0 Å². The predicted octanol–water partition coefficient (Wildman–Crippen LogP) is 1.32. The van der Waals surface area contributed by atoms with Crippen LogP contribution in [0.25, 0.3) is 5.65 Å². The maximum Gasteiger partial charge on any atom is 0.216 e. The van der Waals surface area contributed by atoms with Gasteiger partial charge in [-0.2, -0.15) is 0 Å². The zero-order valence-electron chi connectivity index (χ0n) is 9.53. The molecule has 0 spiro atoms. The molecular weight excluding hydrogens is 202 g/mol. The summed E-state index contributed by atoms with van der Waals surface area (Å²) in [5, 5.41) is 2.76. The molecule has 2 aromatic rings. The van der Waals surface area contributed by atoms with Crippen LogP contribution in [0.3, 0.4) is 0 Å². The molecule has 0 aliphatic heterocycles. The van der Waals surface area contributed by atoms with Gasteiger partial charge >= 0.3 is 0 Å². The Hall–Kier alpha value is -1.84. The first kappa shape index (κ1) is 10.7. The van der Waals surface area contributed by atoms with Crippen molar-refractivity contribution in [1.82, 2.24) is 14.7 Å². The van der Waals surface area contributed by atoms with Crippen LogP contribution in [0.4, 0.5) is 0 Å². The first-order valence-electron chi connectivity index (χ1n) is 5.34. The van der Waals surface area contributed by atoms with Crippen LogP contribution in [0.15, 0.2) is 24.5 Å². The zero-order valence-corrected chi connectivity index (χ0v) is 9.53. The average Bonchev–Trinajstić information content (AvgIpc) is 2.58. The number of carbonyl (C=O) groups is 1. The van der Waals surface area contributed by atoms with Gasteiger partial charge in [0.1, 0.15) is 5.65 Å².